The molecular weight excluding hydrogens is 391 g/mol. The molecule has 0 aliphatic carbocycles. The lowest BCUT2D eigenvalue weighted by molar-refractivity contribution is -0.117. The third kappa shape index (κ3) is 5.42. The molecule has 0 heterocycles. The van der Waals surface area contributed by atoms with Gasteiger partial charge in [-0.1, -0.05) is 42.5 Å². The van der Waals surface area contributed by atoms with E-state index in [0.29, 0.717) is 12.2 Å². The quantitative estimate of drug-likeness (QED) is 0.607. The SMILES string of the molecule is CS(=O)(=O)c1ccc(CNc2cccc(-c3ccccc3NC(=O)CF)c2)cc1. The van der Waals surface area contributed by atoms with Gasteiger partial charge in [0.2, 0.25) is 0 Å². The highest BCUT2D eigenvalue weighted by Crippen LogP contribution is 2.29. The minimum absolute atomic E-state index is 0.287. The molecule has 7 heteroatoms. The van der Waals surface area contributed by atoms with Gasteiger partial charge in [0.1, 0.15) is 0 Å². The van der Waals surface area contributed by atoms with Crippen molar-refractivity contribution in [3.63, 3.8) is 0 Å². The molecule has 0 saturated heterocycles. The first-order valence-corrected chi connectivity index (χ1v) is 10.8. The van der Waals surface area contributed by atoms with Gasteiger partial charge in [0.15, 0.2) is 16.5 Å². The lowest BCUT2D eigenvalue weighted by Crippen LogP contribution is -2.13. The standard InChI is InChI=1S/C22H21FN2O3S/c1-29(27,28)19-11-9-16(10-12-19)15-24-18-6-4-5-17(13-18)20-7-2-3-8-21(20)25-22(26)14-23/h2-13,24H,14-15H2,1H3,(H,25,26). The number of carbonyl (C=O) groups excluding carboxylic acids is 1. The maximum absolute atomic E-state index is 12.6. The molecule has 0 aromatic heterocycles. The molecule has 0 fully saturated rings. The van der Waals surface area contributed by atoms with E-state index in [2.05, 4.69) is 10.6 Å². The molecule has 0 radical (unpaired) electrons. The van der Waals surface area contributed by atoms with E-state index in [1.54, 1.807) is 36.4 Å². The fraction of sp³-hybridized carbons (Fsp3) is 0.136. The maximum atomic E-state index is 12.6. The Kier molecular flexibility index (Phi) is 6.29. The van der Waals surface area contributed by atoms with Gasteiger partial charge in [0.25, 0.3) is 5.91 Å². The molecule has 3 aromatic rings. The number of amides is 1. The smallest absolute Gasteiger partial charge is 0.255 e. The van der Waals surface area contributed by atoms with Crippen LogP contribution >= 0.6 is 0 Å². The summed E-state index contributed by atoms with van der Waals surface area (Å²) in [5.41, 5.74) is 4.01. The molecule has 0 aliphatic heterocycles. The summed E-state index contributed by atoms with van der Waals surface area (Å²) in [5, 5.41) is 5.87. The van der Waals surface area contributed by atoms with E-state index in [9.17, 15) is 17.6 Å². The van der Waals surface area contributed by atoms with Gasteiger partial charge in [-0.2, -0.15) is 0 Å². The summed E-state index contributed by atoms with van der Waals surface area (Å²) >= 11 is 0. The van der Waals surface area contributed by atoms with Crippen LogP contribution in [-0.4, -0.2) is 27.3 Å². The average Bonchev–Trinajstić information content (AvgIpc) is 2.72. The maximum Gasteiger partial charge on any atom is 0.255 e. The first-order chi connectivity index (χ1) is 13.9. The summed E-state index contributed by atoms with van der Waals surface area (Å²) in [7, 11) is -3.21. The van der Waals surface area contributed by atoms with Crippen LogP contribution in [0.3, 0.4) is 0 Å². The van der Waals surface area contributed by atoms with Crippen LogP contribution in [0.5, 0.6) is 0 Å². The van der Waals surface area contributed by atoms with Crippen LogP contribution in [-0.2, 0) is 21.2 Å². The fourth-order valence-electron chi connectivity index (χ4n) is 2.88. The second-order valence-corrected chi connectivity index (χ2v) is 8.59. The van der Waals surface area contributed by atoms with Crippen molar-refractivity contribution in [3.05, 3.63) is 78.4 Å². The Hall–Kier alpha value is -3.19. The van der Waals surface area contributed by atoms with E-state index in [0.717, 1.165) is 22.4 Å². The molecule has 2 N–H and O–H groups in total. The Morgan fingerprint density at radius 1 is 0.966 bits per heavy atom. The zero-order valence-corrected chi connectivity index (χ0v) is 16.7. The number of hydrogen-bond donors (Lipinski definition) is 2. The van der Waals surface area contributed by atoms with Crippen molar-refractivity contribution in [2.45, 2.75) is 11.4 Å². The van der Waals surface area contributed by atoms with Crippen LogP contribution in [0, 0.1) is 0 Å². The largest absolute Gasteiger partial charge is 0.381 e. The van der Waals surface area contributed by atoms with Crippen LogP contribution in [0.15, 0.2) is 77.7 Å². The summed E-state index contributed by atoms with van der Waals surface area (Å²) in [6.07, 6.45) is 1.18. The van der Waals surface area contributed by atoms with Gasteiger partial charge in [-0.05, 0) is 41.5 Å². The first kappa shape index (κ1) is 20.5. The Labute approximate surface area is 169 Å². The highest BCUT2D eigenvalue weighted by atomic mass is 32.2. The Morgan fingerprint density at radius 2 is 1.69 bits per heavy atom. The fourth-order valence-corrected chi connectivity index (χ4v) is 3.51. The predicted molar refractivity (Wildman–Crippen MR) is 113 cm³/mol. The van der Waals surface area contributed by atoms with Gasteiger partial charge in [-0.15, -0.1) is 0 Å². The molecule has 29 heavy (non-hydrogen) atoms. The second-order valence-electron chi connectivity index (χ2n) is 6.58. The zero-order valence-electron chi connectivity index (χ0n) is 15.9. The van der Waals surface area contributed by atoms with Crippen molar-refractivity contribution in [3.8, 4) is 11.1 Å². The number of anilines is 2. The monoisotopic (exact) mass is 412 g/mol. The molecule has 150 valence electrons. The van der Waals surface area contributed by atoms with Crippen LogP contribution in [0.1, 0.15) is 5.56 Å². The average molecular weight is 412 g/mol. The summed E-state index contributed by atoms with van der Waals surface area (Å²) in [4.78, 5) is 11.7. The summed E-state index contributed by atoms with van der Waals surface area (Å²) in [6, 6.07) is 21.6. The highest BCUT2D eigenvalue weighted by Gasteiger charge is 2.09. The number of carbonyl (C=O) groups is 1. The number of benzene rings is 3. The van der Waals surface area contributed by atoms with Crippen molar-refractivity contribution >= 4 is 27.1 Å². The van der Waals surface area contributed by atoms with Gasteiger partial charge < -0.3 is 10.6 Å². The van der Waals surface area contributed by atoms with Crippen LogP contribution < -0.4 is 10.6 Å². The molecule has 0 unspecified atom stereocenters. The number of halogens is 1. The van der Waals surface area contributed by atoms with E-state index in [1.165, 1.54) is 6.26 Å². The lowest BCUT2D eigenvalue weighted by atomic mass is 10.0. The van der Waals surface area contributed by atoms with E-state index in [4.69, 9.17) is 0 Å². The number of rotatable bonds is 7. The lowest BCUT2D eigenvalue weighted by Gasteiger charge is -2.13. The van der Waals surface area contributed by atoms with Crippen molar-refractivity contribution in [2.75, 3.05) is 23.6 Å². The highest BCUT2D eigenvalue weighted by molar-refractivity contribution is 7.90. The van der Waals surface area contributed by atoms with Crippen LogP contribution in [0.2, 0.25) is 0 Å². The molecular formula is C22H21FN2O3S. The van der Waals surface area contributed by atoms with E-state index >= 15 is 0 Å². The number of alkyl halides is 1. The number of nitrogens with one attached hydrogen (secondary N) is 2. The molecule has 0 atom stereocenters. The molecule has 1 amide bonds. The predicted octanol–water partition coefficient (Wildman–Crippen LogP) is 4.28. The van der Waals surface area contributed by atoms with E-state index < -0.39 is 22.4 Å². The van der Waals surface area contributed by atoms with Crippen molar-refractivity contribution in [1.82, 2.24) is 0 Å². The van der Waals surface area contributed by atoms with E-state index in [-0.39, 0.29) is 4.90 Å². The summed E-state index contributed by atoms with van der Waals surface area (Å²) in [6.45, 7) is -0.554. The van der Waals surface area contributed by atoms with E-state index in [1.807, 2.05) is 36.4 Å². The minimum Gasteiger partial charge on any atom is -0.381 e. The topological polar surface area (TPSA) is 75.3 Å². The normalized spacial score (nSPS) is 11.1. The van der Waals surface area contributed by atoms with Gasteiger partial charge in [0, 0.05) is 29.7 Å². The number of sulfone groups is 1. The van der Waals surface area contributed by atoms with Crippen molar-refractivity contribution < 1.29 is 17.6 Å². The molecule has 0 saturated carbocycles. The number of para-hydroxylation sites is 1. The molecule has 3 rings (SSSR count). The summed E-state index contributed by atoms with van der Waals surface area (Å²) < 4.78 is 35.7. The van der Waals surface area contributed by atoms with Gasteiger partial charge in [0.05, 0.1) is 4.90 Å². The Bertz CT molecular complexity index is 1110. The first-order valence-electron chi connectivity index (χ1n) is 8.95. The molecule has 3 aromatic carbocycles. The molecule has 0 aliphatic rings. The third-order valence-corrected chi connectivity index (χ3v) is 5.47. The number of hydrogen-bond acceptors (Lipinski definition) is 4. The molecule has 0 spiro atoms. The van der Waals surface area contributed by atoms with Gasteiger partial charge in [-0.25, -0.2) is 12.8 Å². The van der Waals surface area contributed by atoms with Crippen LogP contribution in [0.25, 0.3) is 11.1 Å². The minimum atomic E-state index is -3.21. The van der Waals surface area contributed by atoms with Crippen LogP contribution in [0.4, 0.5) is 15.8 Å². The zero-order chi connectivity index (χ0) is 20.9. The van der Waals surface area contributed by atoms with Crippen molar-refractivity contribution in [2.24, 2.45) is 0 Å². The molecule has 5 nitrogen and oxygen atoms in total. The third-order valence-electron chi connectivity index (χ3n) is 4.34. The Balaban J connectivity index is 1.76. The molecule has 0 bridgehead atoms. The second kappa shape index (κ2) is 8.87. The van der Waals surface area contributed by atoms with Gasteiger partial charge >= 0.3 is 0 Å². The van der Waals surface area contributed by atoms with Crippen molar-refractivity contribution in [1.29, 1.82) is 0 Å². The Morgan fingerprint density at radius 3 is 2.38 bits per heavy atom. The van der Waals surface area contributed by atoms with Gasteiger partial charge in [-0.3, -0.25) is 4.79 Å². The summed E-state index contributed by atoms with van der Waals surface area (Å²) in [5.74, 6) is -0.690.